The molecule has 2 bridgehead atoms. The number of aliphatic imine (C=N–C) groups is 1. The monoisotopic (exact) mass is 598 g/mol. The summed E-state index contributed by atoms with van der Waals surface area (Å²) in [4.78, 5) is 19.2. The second-order valence-corrected chi connectivity index (χ2v) is 11.8. The Hall–Kier alpha value is -3.94. The van der Waals surface area contributed by atoms with Gasteiger partial charge in [0.1, 0.15) is 11.9 Å². The van der Waals surface area contributed by atoms with Gasteiger partial charge in [-0.15, -0.1) is 0 Å². The Morgan fingerprint density at radius 1 is 1.20 bits per heavy atom. The van der Waals surface area contributed by atoms with Gasteiger partial charge < -0.3 is 36.4 Å². The summed E-state index contributed by atoms with van der Waals surface area (Å²) in [5, 5.41) is 31.9. The van der Waals surface area contributed by atoms with Crippen molar-refractivity contribution in [1.82, 2.24) is 4.90 Å². The highest BCUT2D eigenvalue weighted by Gasteiger charge is 2.32. The molecule has 0 radical (unpaired) electrons. The summed E-state index contributed by atoms with van der Waals surface area (Å²) >= 11 is 0. The first-order valence-electron chi connectivity index (χ1n) is 15.4. The van der Waals surface area contributed by atoms with E-state index in [1.807, 2.05) is 35.5 Å². The van der Waals surface area contributed by atoms with Gasteiger partial charge in [0.05, 0.1) is 30.9 Å². The number of rotatable bonds is 12. The van der Waals surface area contributed by atoms with Gasteiger partial charge in [-0.2, -0.15) is 0 Å². The molecule has 0 amide bonds. The van der Waals surface area contributed by atoms with Crippen molar-refractivity contribution in [1.29, 1.82) is 0 Å². The van der Waals surface area contributed by atoms with Crippen LogP contribution in [-0.2, 0) is 17.6 Å². The molecule has 2 aromatic rings. The number of nitrogens with two attached hydrogens (primary N) is 2. The second kappa shape index (κ2) is 14.2. The maximum Gasteiger partial charge on any atom is 0.183 e. The first-order valence-corrected chi connectivity index (χ1v) is 15.4. The number of Topliss-reactive ketones (excluding diaryl/α,β-unsaturated/α-hetero) is 1. The van der Waals surface area contributed by atoms with Crippen LogP contribution in [-0.4, -0.2) is 50.6 Å². The van der Waals surface area contributed by atoms with E-state index in [4.69, 9.17) is 16.2 Å². The fourth-order valence-electron chi connectivity index (χ4n) is 5.81. The molecule has 0 aliphatic carbocycles. The number of nitrogens with zero attached hydrogens (tertiary/aromatic N) is 2. The van der Waals surface area contributed by atoms with Crippen LogP contribution in [0.3, 0.4) is 0 Å². The van der Waals surface area contributed by atoms with E-state index in [1.54, 1.807) is 18.2 Å². The molecule has 0 spiro atoms. The minimum absolute atomic E-state index is 0.0150. The SMILES string of the molecule is CCCCCC(O)CC(=O)CCc1ccc(O)c(OC2CC#CC(O)c3ccc(C(N)N)cc3CC3=CN=C4CN2C=C34)c1. The van der Waals surface area contributed by atoms with Crippen molar-refractivity contribution < 1.29 is 24.9 Å². The van der Waals surface area contributed by atoms with Crippen LogP contribution in [0.25, 0.3) is 0 Å². The zero-order chi connectivity index (χ0) is 31.2. The summed E-state index contributed by atoms with van der Waals surface area (Å²) in [5.41, 5.74) is 18.0. The van der Waals surface area contributed by atoms with Gasteiger partial charge in [-0.1, -0.05) is 62.3 Å². The Balaban J connectivity index is 1.32. The highest BCUT2D eigenvalue weighted by Crippen LogP contribution is 2.35. The highest BCUT2D eigenvalue weighted by molar-refractivity contribution is 6.09. The molecular weight excluding hydrogens is 556 g/mol. The number of phenols is 1. The first-order chi connectivity index (χ1) is 21.2. The van der Waals surface area contributed by atoms with Gasteiger partial charge in [0.25, 0.3) is 0 Å². The predicted molar refractivity (Wildman–Crippen MR) is 170 cm³/mol. The summed E-state index contributed by atoms with van der Waals surface area (Å²) in [6.07, 6.45) is 6.49. The Morgan fingerprint density at radius 3 is 2.84 bits per heavy atom. The number of aryl methyl sites for hydroxylation is 1. The van der Waals surface area contributed by atoms with Gasteiger partial charge in [0.15, 0.2) is 17.7 Å². The van der Waals surface area contributed by atoms with Gasteiger partial charge >= 0.3 is 0 Å². The predicted octanol–water partition coefficient (Wildman–Crippen LogP) is 4.07. The molecular formula is C35H42N4O5. The summed E-state index contributed by atoms with van der Waals surface area (Å²) in [5.74, 6) is 6.34. The van der Waals surface area contributed by atoms with Crippen LogP contribution < -0.4 is 16.2 Å². The van der Waals surface area contributed by atoms with Crippen LogP contribution in [0.1, 0.15) is 86.4 Å². The lowest BCUT2D eigenvalue weighted by Gasteiger charge is -2.27. The molecule has 5 rings (SSSR count). The Morgan fingerprint density at radius 2 is 2.05 bits per heavy atom. The third-order valence-corrected chi connectivity index (χ3v) is 8.36. The molecule has 9 heteroatoms. The number of ether oxygens (including phenoxy) is 1. The first kappa shape index (κ1) is 31.5. The molecule has 7 N–H and O–H groups in total. The molecule has 2 aromatic carbocycles. The molecule has 44 heavy (non-hydrogen) atoms. The molecule has 0 saturated heterocycles. The topological polar surface area (TPSA) is 155 Å². The number of allylic oxidation sites excluding steroid dienone is 1. The molecule has 0 fully saturated rings. The Kier molecular flexibility index (Phi) is 10.2. The molecule has 3 unspecified atom stereocenters. The lowest BCUT2D eigenvalue weighted by atomic mass is 9.91. The number of carbonyl (C=O) groups excluding carboxylic acids is 1. The lowest BCUT2D eigenvalue weighted by Crippen LogP contribution is -2.35. The summed E-state index contributed by atoms with van der Waals surface area (Å²) in [6.45, 7) is 2.62. The van der Waals surface area contributed by atoms with Crippen LogP contribution in [0.5, 0.6) is 11.5 Å². The minimum Gasteiger partial charge on any atom is -0.504 e. The largest absolute Gasteiger partial charge is 0.504 e. The van der Waals surface area contributed by atoms with Crippen molar-refractivity contribution in [2.24, 2.45) is 16.5 Å². The van der Waals surface area contributed by atoms with Gasteiger partial charge in [-0.25, -0.2) is 0 Å². The molecule has 3 atom stereocenters. The maximum atomic E-state index is 12.5. The smallest absolute Gasteiger partial charge is 0.183 e. The number of phenolic OH excluding ortho intramolecular Hbond substituents is 1. The van der Waals surface area contributed by atoms with E-state index in [0.717, 1.165) is 52.8 Å². The van der Waals surface area contributed by atoms with Crippen LogP contribution in [0.4, 0.5) is 0 Å². The van der Waals surface area contributed by atoms with Gasteiger partial charge in [-0.05, 0) is 52.8 Å². The maximum absolute atomic E-state index is 12.5. The van der Waals surface area contributed by atoms with Gasteiger partial charge in [-0.3, -0.25) is 9.79 Å². The Labute approximate surface area is 258 Å². The van der Waals surface area contributed by atoms with E-state index >= 15 is 0 Å². The summed E-state index contributed by atoms with van der Waals surface area (Å²) in [6, 6.07) is 10.7. The number of aromatic hydroxyl groups is 1. The van der Waals surface area contributed by atoms with Crippen molar-refractivity contribution in [2.75, 3.05) is 6.54 Å². The Bertz CT molecular complexity index is 1530. The number of ketones is 1. The number of unbranched alkanes of at least 4 members (excludes halogenated alkanes) is 2. The number of benzene rings is 2. The van der Waals surface area contributed by atoms with Gasteiger partial charge in [0, 0.05) is 37.2 Å². The zero-order valence-electron chi connectivity index (χ0n) is 25.2. The fraction of sp³-hybridized carbons (Fsp3) is 0.429. The standard InChI is InChI=1S/C35H42N4O5/c1-2-3-4-6-26(40)18-27(41)12-9-22-10-14-32(43)33(15-22)44-34-8-5-7-31(42)28-13-11-23(35(36)37)16-24(28)17-25-19-38-30-21-39(34)20-29(25)30/h10-11,13-16,19-20,26,31,34-35,40,42-43H,2-4,6,8-9,12,17-18,21,36-37H2,1H3. The molecule has 3 aliphatic rings. The average Bonchev–Trinajstić information content (AvgIpc) is 3.58. The third kappa shape index (κ3) is 7.58. The number of fused-ring (bicyclic) bond motifs is 2. The normalized spacial score (nSPS) is 19.6. The molecule has 0 saturated carbocycles. The molecule has 232 valence electrons. The van der Waals surface area contributed by atoms with E-state index in [9.17, 15) is 20.1 Å². The van der Waals surface area contributed by atoms with Crippen LogP contribution in [0, 0.1) is 11.8 Å². The van der Waals surface area contributed by atoms with Crippen molar-refractivity contribution in [3.05, 3.63) is 82.2 Å². The quantitative estimate of drug-likeness (QED) is 0.139. The van der Waals surface area contributed by atoms with Crippen molar-refractivity contribution in [3.8, 4) is 23.3 Å². The fourth-order valence-corrected chi connectivity index (χ4v) is 5.81. The zero-order valence-corrected chi connectivity index (χ0v) is 25.2. The number of carbonyl (C=O) groups is 1. The number of hydrogen-bond acceptors (Lipinski definition) is 9. The average molecular weight is 599 g/mol. The summed E-state index contributed by atoms with van der Waals surface area (Å²) < 4.78 is 6.36. The number of aliphatic hydroxyl groups is 2. The third-order valence-electron chi connectivity index (χ3n) is 8.36. The highest BCUT2D eigenvalue weighted by atomic mass is 16.5. The molecule has 3 heterocycles. The van der Waals surface area contributed by atoms with Crippen LogP contribution in [0.2, 0.25) is 0 Å². The number of aliphatic hydroxyl groups excluding tert-OH is 2. The summed E-state index contributed by atoms with van der Waals surface area (Å²) in [7, 11) is 0. The van der Waals surface area contributed by atoms with E-state index in [2.05, 4.69) is 23.8 Å². The molecule has 0 aromatic heterocycles. The van der Waals surface area contributed by atoms with Crippen molar-refractivity contribution >= 4 is 11.5 Å². The van der Waals surface area contributed by atoms with Crippen LogP contribution >= 0.6 is 0 Å². The lowest BCUT2D eigenvalue weighted by molar-refractivity contribution is -0.121. The van der Waals surface area contributed by atoms with Crippen molar-refractivity contribution in [3.63, 3.8) is 0 Å². The minimum atomic E-state index is -1.02. The van der Waals surface area contributed by atoms with E-state index in [1.165, 1.54) is 0 Å². The molecule has 3 aliphatic heterocycles. The van der Waals surface area contributed by atoms with Gasteiger partial charge in [0.2, 0.25) is 0 Å². The second-order valence-electron chi connectivity index (χ2n) is 11.8. The molecule has 9 nitrogen and oxygen atoms in total. The number of hydrogen-bond donors (Lipinski definition) is 5. The van der Waals surface area contributed by atoms with E-state index in [-0.39, 0.29) is 30.1 Å². The van der Waals surface area contributed by atoms with E-state index < -0.39 is 24.6 Å². The van der Waals surface area contributed by atoms with Crippen LogP contribution in [0.15, 0.2) is 64.9 Å². The van der Waals surface area contributed by atoms with E-state index in [0.29, 0.717) is 37.8 Å². The van der Waals surface area contributed by atoms with Crippen molar-refractivity contribution in [2.45, 2.75) is 89.3 Å².